The Morgan fingerprint density at radius 1 is 1.11 bits per heavy atom. The average molecular weight is 304 g/mol. The van der Waals surface area contributed by atoms with E-state index in [1.165, 1.54) is 0 Å². The van der Waals surface area contributed by atoms with Gasteiger partial charge < -0.3 is 10.1 Å². The molecule has 4 heteroatoms. The van der Waals surface area contributed by atoms with E-state index in [0.717, 1.165) is 10.0 Å². The largest absolute Gasteiger partial charge is 0.454 e. The molecule has 2 aromatic rings. The third-order valence-corrected chi connectivity index (χ3v) is 3.28. The Balaban J connectivity index is 2.17. The van der Waals surface area contributed by atoms with Crippen molar-refractivity contribution in [2.75, 3.05) is 5.32 Å². The van der Waals surface area contributed by atoms with E-state index >= 15 is 0 Å². The van der Waals surface area contributed by atoms with Crippen LogP contribution in [0.3, 0.4) is 0 Å². The van der Waals surface area contributed by atoms with Crippen molar-refractivity contribution < 1.29 is 9.53 Å². The summed E-state index contributed by atoms with van der Waals surface area (Å²) >= 11 is 3.38. The van der Waals surface area contributed by atoms with Crippen LogP contribution in [0.2, 0.25) is 0 Å². The van der Waals surface area contributed by atoms with Gasteiger partial charge >= 0.3 is 0 Å². The van der Waals surface area contributed by atoms with Crippen molar-refractivity contribution in [1.82, 2.24) is 0 Å². The van der Waals surface area contributed by atoms with E-state index in [2.05, 4.69) is 21.2 Å². The molecule has 0 saturated carbocycles. The molecule has 0 bridgehead atoms. The van der Waals surface area contributed by atoms with Gasteiger partial charge in [0.2, 0.25) is 0 Å². The summed E-state index contributed by atoms with van der Waals surface area (Å²) < 4.78 is 6.67. The molecule has 3 rings (SSSR count). The van der Waals surface area contributed by atoms with Crippen LogP contribution in [-0.4, -0.2) is 5.91 Å². The minimum Gasteiger partial charge on any atom is -0.454 e. The van der Waals surface area contributed by atoms with Crippen molar-refractivity contribution in [3.63, 3.8) is 0 Å². The van der Waals surface area contributed by atoms with E-state index in [1.807, 2.05) is 31.2 Å². The van der Waals surface area contributed by atoms with Gasteiger partial charge in [0.15, 0.2) is 5.75 Å². The maximum Gasteiger partial charge on any atom is 0.259 e. The molecule has 0 radical (unpaired) electrons. The molecule has 90 valence electrons. The van der Waals surface area contributed by atoms with Gasteiger partial charge in [-0.25, -0.2) is 0 Å². The van der Waals surface area contributed by atoms with Crippen LogP contribution in [0.15, 0.2) is 40.9 Å². The summed E-state index contributed by atoms with van der Waals surface area (Å²) in [6, 6.07) is 11.1. The number of amides is 1. The molecule has 1 N–H and O–H groups in total. The highest BCUT2D eigenvalue weighted by Crippen LogP contribution is 2.37. The molecular weight excluding hydrogens is 294 g/mol. The molecule has 0 atom stereocenters. The van der Waals surface area contributed by atoms with Crippen LogP contribution in [0.25, 0.3) is 0 Å². The Hall–Kier alpha value is -1.81. The Kier molecular flexibility index (Phi) is 2.59. The molecule has 1 aliphatic rings. The van der Waals surface area contributed by atoms with Crippen LogP contribution >= 0.6 is 15.9 Å². The highest BCUT2D eigenvalue weighted by atomic mass is 79.9. The standard InChI is InChI=1S/C14H10BrNO2/c1-8-2-5-12-11(6-8)16-14(17)10-4-3-9(15)7-13(10)18-12/h2-7H,1H3,(H,16,17). The molecule has 0 spiro atoms. The van der Waals surface area contributed by atoms with Crippen LogP contribution in [0.5, 0.6) is 11.5 Å². The van der Waals surface area contributed by atoms with E-state index in [4.69, 9.17) is 4.74 Å². The third-order valence-electron chi connectivity index (χ3n) is 2.79. The van der Waals surface area contributed by atoms with Gasteiger partial charge in [0, 0.05) is 4.47 Å². The first kappa shape index (κ1) is 11.3. The number of hydrogen-bond donors (Lipinski definition) is 1. The Bertz CT molecular complexity index is 652. The zero-order chi connectivity index (χ0) is 12.7. The molecule has 2 aromatic carbocycles. The normalized spacial score (nSPS) is 12.9. The fraction of sp³-hybridized carbons (Fsp3) is 0.0714. The summed E-state index contributed by atoms with van der Waals surface area (Å²) in [6.07, 6.45) is 0. The van der Waals surface area contributed by atoms with Gasteiger partial charge in [-0.15, -0.1) is 0 Å². The average Bonchev–Trinajstić information content (AvgIpc) is 2.44. The van der Waals surface area contributed by atoms with Crippen LogP contribution < -0.4 is 10.1 Å². The number of nitrogens with one attached hydrogen (secondary N) is 1. The lowest BCUT2D eigenvalue weighted by Gasteiger charge is -2.08. The van der Waals surface area contributed by atoms with Gasteiger partial charge in [0.1, 0.15) is 5.75 Å². The lowest BCUT2D eigenvalue weighted by molar-refractivity contribution is 0.102. The van der Waals surface area contributed by atoms with Crippen molar-refractivity contribution in [2.45, 2.75) is 6.92 Å². The van der Waals surface area contributed by atoms with Gasteiger partial charge in [-0.3, -0.25) is 4.79 Å². The monoisotopic (exact) mass is 303 g/mol. The van der Waals surface area contributed by atoms with Gasteiger partial charge in [0.25, 0.3) is 5.91 Å². The second-order valence-corrected chi connectivity index (χ2v) is 5.11. The van der Waals surface area contributed by atoms with Crippen LogP contribution in [0.1, 0.15) is 15.9 Å². The van der Waals surface area contributed by atoms with Crippen molar-refractivity contribution in [3.05, 3.63) is 52.0 Å². The number of carbonyl (C=O) groups is 1. The fourth-order valence-corrected chi connectivity index (χ4v) is 2.25. The first-order valence-electron chi connectivity index (χ1n) is 5.53. The number of fused-ring (bicyclic) bond motifs is 2. The van der Waals surface area contributed by atoms with Crippen molar-refractivity contribution in [1.29, 1.82) is 0 Å². The number of carbonyl (C=O) groups excluding carboxylic acids is 1. The molecule has 0 aliphatic carbocycles. The van der Waals surface area contributed by atoms with E-state index in [-0.39, 0.29) is 5.91 Å². The first-order valence-corrected chi connectivity index (χ1v) is 6.32. The van der Waals surface area contributed by atoms with E-state index in [1.54, 1.807) is 12.1 Å². The number of halogens is 1. The zero-order valence-corrected chi connectivity index (χ0v) is 11.2. The number of benzene rings is 2. The first-order chi connectivity index (χ1) is 8.63. The smallest absolute Gasteiger partial charge is 0.259 e. The molecule has 0 saturated heterocycles. The Labute approximate surface area is 113 Å². The van der Waals surface area contributed by atoms with Crippen molar-refractivity contribution in [3.8, 4) is 11.5 Å². The topological polar surface area (TPSA) is 38.3 Å². The lowest BCUT2D eigenvalue weighted by atomic mass is 10.2. The second-order valence-electron chi connectivity index (χ2n) is 4.20. The highest BCUT2D eigenvalue weighted by Gasteiger charge is 2.20. The SMILES string of the molecule is Cc1ccc2c(c1)NC(=O)c1ccc(Br)cc1O2. The number of anilines is 1. The quantitative estimate of drug-likeness (QED) is 0.795. The maximum atomic E-state index is 12.1. The van der Waals surface area contributed by atoms with E-state index < -0.39 is 0 Å². The van der Waals surface area contributed by atoms with E-state index in [9.17, 15) is 4.79 Å². The van der Waals surface area contributed by atoms with Gasteiger partial charge in [-0.05, 0) is 42.8 Å². The van der Waals surface area contributed by atoms with Gasteiger partial charge in [-0.1, -0.05) is 22.0 Å². The number of aryl methyl sites for hydroxylation is 1. The van der Waals surface area contributed by atoms with Crippen LogP contribution in [-0.2, 0) is 0 Å². The number of ether oxygens (including phenoxy) is 1. The van der Waals surface area contributed by atoms with E-state index in [0.29, 0.717) is 22.7 Å². The lowest BCUT2D eigenvalue weighted by Crippen LogP contribution is -2.10. The second kappa shape index (κ2) is 4.14. The van der Waals surface area contributed by atoms with Gasteiger partial charge in [0.05, 0.1) is 11.3 Å². The molecule has 1 heterocycles. The summed E-state index contributed by atoms with van der Waals surface area (Å²) in [6.45, 7) is 1.97. The molecule has 1 amide bonds. The Morgan fingerprint density at radius 3 is 2.78 bits per heavy atom. The van der Waals surface area contributed by atoms with Crippen LogP contribution in [0, 0.1) is 6.92 Å². The molecular formula is C14H10BrNO2. The molecule has 0 unspecified atom stereocenters. The molecule has 1 aliphatic heterocycles. The minimum atomic E-state index is -0.151. The maximum absolute atomic E-state index is 12.1. The number of hydrogen-bond acceptors (Lipinski definition) is 2. The summed E-state index contributed by atoms with van der Waals surface area (Å²) in [7, 11) is 0. The Morgan fingerprint density at radius 2 is 1.94 bits per heavy atom. The molecule has 0 aromatic heterocycles. The van der Waals surface area contributed by atoms with Crippen LogP contribution in [0.4, 0.5) is 5.69 Å². The highest BCUT2D eigenvalue weighted by molar-refractivity contribution is 9.10. The summed E-state index contributed by atoms with van der Waals surface area (Å²) in [4.78, 5) is 12.1. The van der Waals surface area contributed by atoms with Gasteiger partial charge in [-0.2, -0.15) is 0 Å². The predicted octanol–water partition coefficient (Wildman–Crippen LogP) is 4.12. The molecule has 0 fully saturated rings. The zero-order valence-electron chi connectivity index (χ0n) is 9.66. The summed E-state index contributed by atoms with van der Waals surface area (Å²) in [5.74, 6) is 1.07. The molecule has 18 heavy (non-hydrogen) atoms. The summed E-state index contributed by atoms with van der Waals surface area (Å²) in [5, 5.41) is 2.86. The number of rotatable bonds is 0. The minimum absolute atomic E-state index is 0.151. The fourth-order valence-electron chi connectivity index (χ4n) is 1.91. The molecule has 3 nitrogen and oxygen atoms in total. The third kappa shape index (κ3) is 1.88. The summed E-state index contributed by atoms with van der Waals surface area (Å²) in [5.41, 5.74) is 2.31. The predicted molar refractivity (Wildman–Crippen MR) is 73.3 cm³/mol. The van der Waals surface area contributed by atoms with Crippen molar-refractivity contribution in [2.24, 2.45) is 0 Å². The van der Waals surface area contributed by atoms with Crippen molar-refractivity contribution >= 4 is 27.5 Å².